The smallest absolute Gasteiger partial charge is 0.222 e. The number of carbonyl (C=O) groups is 1. The Morgan fingerprint density at radius 1 is 1.33 bits per heavy atom. The van der Waals surface area contributed by atoms with Gasteiger partial charge in [-0.1, -0.05) is 6.07 Å². The Labute approximate surface area is 129 Å². The topological polar surface area (TPSA) is 46.3 Å². The SMILES string of the molecule is Cl.NC1CCCN(C(=O)CCCc2ccc(F)c(F)c2)C1. The number of hydrogen-bond acceptors (Lipinski definition) is 2. The van der Waals surface area contributed by atoms with Crippen LogP contribution in [0.3, 0.4) is 0 Å². The molecule has 1 aliphatic rings. The highest BCUT2D eigenvalue weighted by Crippen LogP contribution is 2.13. The molecule has 118 valence electrons. The van der Waals surface area contributed by atoms with E-state index in [0.29, 0.717) is 31.4 Å². The van der Waals surface area contributed by atoms with Crippen LogP contribution >= 0.6 is 12.4 Å². The molecular weight excluding hydrogens is 298 g/mol. The molecular formula is C15H21ClF2N2O. The molecule has 0 bridgehead atoms. The fraction of sp³-hybridized carbons (Fsp3) is 0.533. The van der Waals surface area contributed by atoms with Gasteiger partial charge in [0.1, 0.15) is 0 Å². The summed E-state index contributed by atoms with van der Waals surface area (Å²) in [5.74, 6) is -1.58. The lowest BCUT2D eigenvalue weighted by Gasteiger charge is -2.30. The third kappa shape index (κ3) is 5.25. The van der Waals surface area contributed by atoms with Crippen LogP contribution in [0.5, 0.6) is 0 Å². The second-order valence-electron chi connectivity index (χ2n) is 5.34. The molecule has 2 rings (SSSR count). The van der Waals surface area contributed by atoms with Crippen LogP contribution in [0.4, 0.5) is 8.78 Å². The number of aryl methyl sites for hydroxylation is 1. The highest BCUT2D eigenvalue weighted by atomic mass is 35.5. The molecule has 0 saturated carbocycles. The Morgan fingerprint density at radius 2 is 2.10 bits per heavy atom. The Bertz CT molecular complexity index is 485. The minimum atomic E-state index is -0.841. The molecule has 1 aromatic carbocycles. The number of nitrogens with two attached hydrogens (primary N) is 1. The summed E-state index contributed by atoms with van der Waals surface area (Å²) in [4.78, 5) is 13.8. The van der Waals surface area contributed by atoms with Crippen molar-refractivity contribution in [3.05, 3.63) is 35.4 Å². The van der Waals surface area contributed by atoms with Crippen LogP contribution in [0.2, 0.25) is 0 Å². The number of amides is 1. The molecule has 1 unspecified atom stereocenters. The number of nitrogens with zero attached hydrogens (tertiary/aromatic N) is 1. The van der Waals surface area contributed by atoms with Crippen molar-refractivity contribution in [3.8, 4) is 0 Å². The first-order valence-electron chi connectivity index (χ1n) is 7.03. The van der Waals surface area contributed by atoms with Gasteiger partial charge in [-0.2, -0.15) is 0 Å². The van der Waals surface area contributed by atoms with E-state index >= 15 is 0 Å². The minimum Gasteiger partial charge on any atom is -0.341 e. The predicted molar refractivity (Wildman–Crippen MR) is 80.3 cm³/mol. The van der Waals surface area contributed by atoms with E-state index in [1.165, 1.54) is 6.07 Å². The number of carbonyl (C=O) groups excluding carboxylic acids is 1. The van der Waals surface area contributed by atoms with Crippen LogP contribution in [-0.4, -0.2) is 29.9 Å². The Hall–Kier alpha value is -1.20. The summed E-state index contributed by atoms with van der Waals surface area (Å²) < 4.78 is 25.8. The van der Waals surface area contributed by atoms with Crippen LogP contribution in [0.1, 0.15) is 31.2 Å². The van der Waals surface area contributed by atoms with E-state index in [-0.39, 0.29) is 24.4 Å². The van der Waals surface area contributed by atoms with E-state index in [4.69, 9.17) is 5.73 Å². The van der Waals surface area contributed by atoms with Crippen molar-refractivity contribution in [2.45, 2.75) is 38.1 Å². The highest BCUT2D eigenvalue weighted by molar-refractivity contribution is 5.85. The molecule has 0 spiro atoms. The lowest BCUT2D eigenvalue weighted by atomic mass is 10.0. The number of likely N-dealkylation sites (tertiary alicyclic amines) is 1. The lowest BCUT2D eigenvalue weighted by Crippen LogP contribution is -2.45. The Morgan fingerprint density at radius 3 is 2.76 bits per heavy atom. The zero-order valence-corrected chi connectivity index (χ0v) is 12.7. The molecule has 1 aromatic rings. The van der Waals surface area contributed by atoms with Crippen molar-refractivity contribution in [2.75, 3.05) is 13.1 Å². The fourth-order valence-electron chi connectivity index (χ4n) is 2.53. The molecule has 1 aliphatic heterocycles. The third-order valence-corrected chi connectivity index (χ3v) is 3.65. The molecule has 1 saturated heterocycles. The molecule has 21 heavy (non-hydrogen) atoms. The maximum atomic E-state index is 13.0. The maximum Gasteiger partial charge on any atom is 0.222 e. The number of rotatable bonds is 4. The van der Waals surface area contributed by atoms with E-state index in [2.05, 4.69) is 0 Å². The zero-order chi connectivity index (χ0) is 14.5. The van der Waals surface area contributed by atoms with Gasteiger partial charge in [-0.15, -0.1) is 12.4 Å². The van der Waals surface area contributed by atoms with Gasteiger partial charge in [0.15, 0.2) is 11.6 Å². The molecule has 6 heteroatoms. The summed E-state index contributed by atoms with van der Waals surface area (Å²) in [6.07, 6.45) is 3.55. The van der Waals surface area contributed by atoms with E-state index in [0.717, 1.165) is 25.5 Å². The molecule has 2 N–H and O–H groups in total. The van der Waals surface area contributed by atoms with Crippen molar-refractivity contribution in [1.82, 2.24) is 4.90 Å². The summed E-state index contributed by atoms with van der Waals surface area (Å²) in [5, 5.41) is 0. The molecule has 0 radical (unpaired) electrons. The first-order valence-corrected chi connectivity index (χ1v) is 7.03. The summed E-state index contributed by atoms with van der Waals surface area (Å²) in [5.41, 5.74) is 6.56. The number of piperidine rings is 1. The van der Waals surface area contributed by atoms with E-state index in [1.54, 1.807) is 11.0 Å². The van der Waals surface area contributed by atoms with Crippen molar-refractivity contribution in [3.63, 3.8) is 0 Å². The summed E-state index contributed by atoms with van der Waals surface area (Å²) in [6.45, 7) is 1.40. The number of halogens is 3. The minimum absolute atomic E-state index is 0. The van der Waals surface area contributed by atoms with Crippen LogP contribution in [0.25, 0.3) is 0 Å². The van der Waals surface area contributed by atoms with Crippen molar-refractivity contribution in [2.24, 2.45) is 5.73 Å². The molecule has 1 atom stereocenters. The Kier molecular flexibility index (Phi) is 7.05. The van der Waals surface area contributed by atoms with Gasteiger partial charge in [-0.25, -0.2) is 8.78 Å². The van der Waals surface area contributed by atoms with Crippen LogP contribution < -0.4 is 5.73 Å². The second-order valence-corrected chi connectivity index (χ2v) is 5.34. The molecule has 1 heterocycles. The van der Waals surface area contributed by atoms with Crippen LogP contribution in [0.15, 0.2) is 18.2 Å². The van der Waals surface area contributed by atoms with Gasteiger partial charge in [0.25, 0.3) is 0 Å². The first-order chi connectivity index (χ1) is 9.56. The van der Waals surface area contributed by atoms with E-state index < -0.39 is 11.6 Å². The van der Waals surface area contributed by atoms with Crippen LogP contribution in [-0.2, 0) is 11.2 Å². The monoisotopic (exact) mass is 318 g/mol. The van der Waals surface area contributed by atoms with E-state index in [9.17, 15) is 13.6 Å². The largest absolute Gasteiger partial charge is 0.341 e. The molecule has 0 aliphatic carbocycles. The first kappa shape index (κ1) is 17.9. The average Bonchev–Trinajstić information content (AvgIpc) is 2.42. The van der Waals surface area contributed by atoms with Crippen LogP contribution in [0, 0.1) is 11.6 Å². The fourth-order valence-corrected chi connectivity index (χ4v) is 2.53. The number of benzene rings is 1. The van der Waals surface area contributed by atoms with Gasteiger partial charge < -0.3 is 10.6 Å². The van der Waals surface area contributed by atoms with Crippen molar-refractivity contribution >= 4 is 18.3 Å². The van der Waals surface area contributed by atoms with Crippen molar-refractivity contribution in [1.29, 1.82) is 0 Å². The standard InChI is InChI=1S/C15H20F2N2O.ClH/c16-13-7-6-11(9-14(13)17)3-1-5-15(20)19-8-2-4-12(18)10-19;/h6-7,9,12H,1-5,8,10,18H2;1H. The molecule has 3 nitrogen and oxygen atoms in total. The quantitative estimate of drug-likeness (QED) is 0.927. The van der Waals surface area contributed by atoms with Gasteiger partial charge in [0.05, 0.1) is 0 Å². The van der Waals surface area contributed by atoms with Gasteiger partial charge in [-0.05, 0) is 43.4 Å². The second kappa shape index (κ2) is 8.29. The normalized spacial score (nSPS) is 18.2. The predicted octanol–water partition coefficient (Wildman–Crippen LogP) is 2.66. The maximum absolute atomic E-state index is 13.0. The highest BCUT2D eigenvalue weighted by Gasteiger charge is 2.20. The van der Waals surface area contributed by atoms with Crippen molar-refractivity contribution < 1.29 is 13.6 Å². The number of hydrogen-bond donors (Lipinski definition) is 1. The van der Waals surface area contributed by atoms with Gasteiger partial charge >= 0.3 is 0 Å². The van der Waals surface area contributed by atoms with Gasteiger partial charge in [0, 0.05) is 25.6 Å². The summed E-state index contributed by atoms with van der Waals surface area (Å²) in [6, 6.07) is 3.95. The lowest BCUT2D eigenvalue weighted by molar-refractivity contribution is -0.132. The summed E-state index contributed by atoms with van der Waals surface area (Å²) in [7, 11) is 0. The molecule has 0 aromatic heterocycles. The average molecular weight is 319 g/mol. The van der Waals surface area contributed by atoms with Gasteiger partial charge in [0.2, 0.25) is 5.91 Å². The van der Waals surface area contributed by atoms with Gasteiger partial charge in [-0.3, -0.25) is 4.79 Å². The Balaban J connectivity index is 0.00000220. The molecule has 1 amide bonds. The summed E-state index contributed by atoms with van der Waals surface area (Å²) >= 11 is 0. The zero-order valence-electron chi connectivity index (χ0n) is 11.9. The molecule has 1 fully saturated rings. The van der Waals surface area contributed by atoms with E-state index in [1.807, 2.05) is 0 Å². The third-order valence-electron chi connectivity index (χ3n) is 3.65.